The van der Waals surface area contributed by atoms with Crippen LogP contribution < -0.4 is 9.47 Å². The second kappa shape index (κ2) is 7.63. The zero-order chi connectivity index (χ0) is 17.7. The normalized spacial score (nSPS) is 12.7. The van der Waals surface area contributed by atoms with E-state index in [1.807, 2.05) is 13.8 Å². The number of methoxy groups -OCH3 is 3. The van der Waals surface area contributed by atoms with Crippen molar-refractivity contribution in [3.8, 4) is 11.8 Å². The van der Waals surface area contributed by atoms with E-state index >= 15 is 0 Å². The molecule has 0 amide bonds. The molecule has 0 aliphatic heterocycles. The molecule has 0 bridgehead atoms. The van der Waals surface area contributed by atoms with Crippen LogP contribution in [0.3, 0.4) is 0 Å². The van der Waals surface area contributed by atoms with Crippen molar-refractivity contribution in [1.82, 2.24) is 19.5 Å². The van der Waals surface area contributed by atoms with Gasteiger partial charge in [-0.15, -0.1) is 0 Å². The summed E-state index contributed by atoms with van der Waals surface area (Å²) in [5.41, 5.74) is -0.758. The Morgan fingerprint density at radius 3 is 2.29 bits per heavy atom. The molecule has 2 aromatic heterocycles. The lowest BCUT2D eigenvalue weighted by atomic mass is 10.0. The standard InChI is InChI=1S/C15H20N4O4S/c1-15(2,23-5)12(13(20)19-7-6-16-9-19)24-14-17-10(21-3)8-11(18-14)22-4/h6-9,12H,1-5H3. The summed E-state index contributed by atoms with van der Waals surface area (Å²) in [5, 5.41) is -0.247. The molecule has 0 N–H and O–H groups in total. The molecule has 0 aromatic carbocycles. The van der Waals surface area contributed by atoms with E-state index in [0.717, 1.165) is 0 Å². The number of ether oxygens (including phenoxy) is 3. The van der Waals surface area contributed by atoms with Crippen molar-refractivity contribution in [1.29, 1.82) is 0 Å². The van der Waals surface area contributed by atoms with Crippen LogP contribution >= 0.6 is 11.8 Å². The number of thioether (sulfide) groups is 1. The van der Waals surface area contributed by atoms with Crippen molar-refractivity contribution in [2.75, 3.05) is 21.3 Å². The molecule has 0 spiro atoms. The molecule has 0 saturated heterocycles. The maximum atomic E-state index is 12.8. The second-order valence-electron chi connectivity index (χ2n) is 5.35. The monoisotopic (exact) mass is 352 g/mol. The predicted octanol–water partition coefficient (Wildman–Crippen LogP) is 1.92. The summed E-state index contributed by atoms with van der Waals surface area (Å²) in [7, 11) is 4.56. The van der Waals surface area contributed by atoms with Gasteiger partial charge in [0.15, 0.2) is 5.16 Å². The van der Waals surface area contributed by atoms with Gasteiger partial charge in [0.2, 0.25) is 17.7 Å². The van der Waals surface area contributed by atoms with Gasteiger partial charge in [-0.2, -0.15) is 9.97 Å². The lowest BCUT2D eigenvalue weighted by molar-refractivity contribution is 0.0188. The Hall–Kier alpha value is -2.13. The molecule has 1 unspecified atom stereocenters. The lowest BCUT2D eigenvalue weighted by Crippen LogP contribution is -2.43. The van der Waals surface area contributed by atoms with Crippen molar-refractivity contribution in [2.45, 2.75) is 29.9 Å². The molecule has 8 nitrogen and oxygen atoms in total. The minimum Gasteiger partial charge on any atom is -0.481 e. The van der Waals surface area contributed by atoms with Gasteiger partial charge in [-0.3, -0.25) is 9.36 Å². The van der Waals surface area contributed by atoms with Crippen LogP contribution in [0.5, 0.6) is 11.8 Å². The summed E-state index contributed by atoms with van der Waals surface area (Å²) in [6, 6.07) is 1.57. The Bertz CT molecular complexity index is 669. The van der Waals surface area contributed by atoms with E-state index in [9.17, 15) is 4.79 Å². The van der Waals surface area contributed by atoms with Crippen LogP contribution in [0.25, 0.3) is 0 Å². The molecular weight excluding hydrogens is 332 g/mol. The molecule has 130 valence electrons. The van der Waals surface area contributed by atoms with Gasteiger partial charge in [-0.25, -0.2) is 4.98 Å². The van der Waals surface area contributed by atoms with Gasteiger partial charge in [-0.05, 0) is 13.8 Å². The van der Waals surface area contributed by atoms with E-state index in [0.29, 0.717) is 16.9 Å². The first-order valence-electron chi connectivity index (χ1n) is 7.12. The van der Waals surface area contributed by atoms with Gasteiger partial charge in [0.25, 0.3) is 0 Å². The van der Waals surface area contributed by atoms with Crippen molar-refractivity contribution in [3.63, 3.8) is 0 Å². The third-order valence-corrected chi connectivity index (χ3v) is 4.84. The molecule has 9 heteroatoms. The summed E-state index contributed by atoms with van der Waals surface area (Å²) in [6.07, 6.45) is 4.59. The Balaban J connectivity index is 2.37. The zero-order valence-corrected chi connectivity index (χ0v) is 15.0. The molecule has 1 atom stereocenters. The summed E-state index contributed by atoms with van der Waals surface area (Å²) in [4.78, 5) is 25.3. The van der Waals surface area contributed by atoms with Crippen LogP contribution in [0.4, 0.5) is 0 Å². The fraction of sp³-hybridized carbons (Fsp3) is 0.467. The van der Waals surface area contributed by atoms with Gasteiger partial charge in [0.05, 0.1) is 25.9 Å². The van der Waals surface area contributed by atoms with E-state index in [2.05, 4.69) is 15.0 Å². The average Bonchev–Trinajstić information content (AvgIpc) is 3.13. The van der Waals surface area contributed by atoms with Crippen LogP contribution in [-0.2, 0) is 4.74 Å². The molecule has 0 aliphatic rings. The van der Waals surface area contributed by atoms with Crippen LogP contribution in [0, 0.1) is 0 Å². The van der Waals surface area contributed by atoms with E-state index in [1.165, 1.54) is 36.9 Å². The minimum absolute atomic E-state index is 0.185. The molecule has 2 rings (SSSR count). The summed E-state index contributed by atoms with van der Waals surface area (Å²) < 4.78 is 17.2. The molecular formula is C15H20N4O4S. The van der Waals surface area contributed by atoms with Gasteiger partial charge >= 0.3 is 0 Å². The number of nitrogens with zero attached hydrogens (tertiary/aromatic N) is 4. The average molecular weight is 352 g/mol. The number of hydrogen-bond donors (Lipinski definition) is 0. The van der Waals surface area contributed by atoms with Crippen molar-refractivity contribution in [3.05, 3.63) is 24.8 Å². The molecule has 0 aliphatic carbocycles. The number of carbonyl (C=O) groups excluding carboxylic acids is 1. The minimum atomic E-state index is -0.758. The molecule has 0 fully saturated rings. The lowest BCUT2D eigenvalue weighted by Gasteiger charge is -2.30. The fourth-order valence-electron chi connectivity index (χ4n) is 1.87. The van der Waals surface area contributed by atoms with Gasteiger partial charge in [0.1, 0.15) is 11.6 Å². The first-order chi connectivity index (χ1) is 11.4. The van der Waals surface area contributed by atoms with Gasteiger partial charge in [0, 0.05) is 19.5 Å². The van der Waals surface area contributed by atoms with Crippen LogP contribution in [0.1, 0.15) is 18.6 Å². The summed E-state index contributed by atoms with van der Waals surface area (Å²) in [5.74, 6) is 0.525. The first kappa shape index (κ1) is 18.2. The molecule has 0 radical (unpaired) electrons. The summed E-state index contributed by atoms with van der Waals surface area (Å²) in [6.45, 7) is 3.66. The number of hydrogen-bond acceptors (Lipinski definition) is 8. The number of carbonyl (C=O) groups is 1. The highest BCUT2D eigenvalue weighted by Gasteiger charge is 2.38. The van der Waals surface area contributed by atoms with Crippen LogP contribution in [-0.4, -0.2) is 57.6 Å². The van der Waals surface area contributed by atoms with Gasteiger partial charge < -0.3 is 14.2 Å². The highest BCUT2D eigenvalue weighted by Crippen LogP contribution is 2.33. The maximum Gasteiger partial charge on any atom is 0.248 e. The van der Waals surface area contributed by atoms with Crippen LogP contribution in [0.2, 0.25) is 0 Å². The fourth-order valence-corrected chi connectivity index (χ4v) is 2.97. The topological polar surface area (TPSA) is 88.4 Å². The third kappa shape index (κ3) is 4.04. The largest absolute Gasteiger partial charge is 0.481 e. The quantitative estimate of drug-likeness (QED) is 0.551. The van der Waals surface area contributed by atoms with Crippen molar-refractivity contribution >= 4 is 17.7 Å². The van der Waals surface area contributed by atoms with Crippen molar-refractivity contribution in [2.24, 2.45) is 0 Å². The van der Waals surface area contributed by atoms with E-state index in [4.69, 9.17) is 14.2 Å². The number of imidazole rings is 1. The Kier molecular flexibility index (Phi) is 5.79. The zero-order valence-electron chi connectivity index (χ0n) is 14.2. The maximum absolute atomic E-state index is 12.8. The molecule has 0 saturated carbocycles. The first-order valence-corrected chi connectivity index (χ1v) is 8.00. The van der Waals surface area contributed by atoms with Crippen molar-refractivity contribution < 1.29 is 19.0 Å². The Labute approximate surface area is 144 Å². The van der Waals surface area contributed by atoms with Crippen LogP contribution in [0.15, 0.2) is 29.9 Å². The third-order valence-electron chi connectivity index (χ3n) is 3.44. The summed E-state index contributed by atoms with van der Waals surface area (Å²) >= 11 is 1.18. The van der Waals surface area contributed by atoms with E-state index < -0.39 is 10.9 Å². The SMILES string of the molecule is COc1cc(OC)nc(SC(C(=O)n2ccnc2)C(C)(C)OC)n1. The number of rotatable bonds is 7. The van der Waals surface area contributed by atoms with E-state index in [-0.39, 0.29) is 5.91 Å². The Morgan fingerprint density at radius 2 is 1.83 bits per heavy atom. The molecule has 2 heterocycles. The Morgan fingerprint density at radius 1 is 1.21 bits per heavy atom. The smallest absolute Gasteiger partial charge is 0.248 e. The number of aromatic nitrogens is 4. The molecule has 2 aromatic rings. The predicted molar refractivity (Wildman–Crippen MR) is 88.7 cm³/mol. The highest BCUT2D eigenvalue weighted by atomic mass is 32.2. The highest BCUT2D eigenvalue weighted by molar-refractivity contribution is 8.00. The van der Waals surface area contributed by atoms with Gasteiger partial charge in [-0.1, -0.05) is 11.8 Å². The second-order valence-corrected chi connectivity index (χ2v) is 6.42. The molecule has 24 heavy (non-hydrogen) atoms. The van der Waals surface area contributed by atoms with E-state index in [1.54, 1.807) is 25.6 Å².